The fourth-order valence-corrected chi connectivity index (χ4v) is 2.97. The number of carbonyl (C=O) groups is 2. The van der Waals surface area contributed by atoms with Crippen molar-refractivity contribution in [1.29, 1.82) is 0 Å². The van der Waals surface area contributed by atoms with Gasteiger partial charge in [-0.2, -0.15) is 0 Å². The fraction of sp³-hybridized carbons (Fsp3) is 0.300. The van der Waals surface area contributed by atoms with Crippen LogP contribution in [0.2, 0.25) is 0 Å². The van der Waals surface area contributed by atoms with Crippen molar-refractivity contribution < 1.29 is 19.1 Å². The second kappa shape index (κ2) is 6.87. The van der Waals surface area contributed by atoms with Crippen LogP contribution in [0.1, 0.15) is 45.2 Å². The van der Waals surface area contributed by atoms with Crippen LogP contribution >= 0.6 is 0 Å². The van der Waals surface area contributed by atoms with Gasteiger partial charge in [-0.3, -0.25) is 4.79 Å². The zero-order valence-electron chi connectivity index (χ0n) is 13.9. The quantitative estimate of drug-likeness (QED) is 0.623. The van der Waals surface area contributed by atoms with E-state index in [1.807, 2.05) is 12.1 Å². The van der Waals surface area contributed by atoms with Gasteiger partial charge in [0.1, 0.15) is 5.75 Å². The van der Waals surface area contributed by atoms with E-state index in [1.165, 1.54) is 11.1 Å². The van der Waals surface area contributed by atoms with Crippen LogP contribution in [-0.2, 0) is 17.6 Å². The van der Waals surface area contributed by atoms with E-state index in [1.54, 1.807) is 44.4 Å². The maximum atomic E-state index is 12.4. The Bertz CT molecular complexity index is 762. The van der Waals surface area contributed by atoms with Gasteiger partial charge in [-0.1, -0.05) is 6.07 Å². The lowest BCUT2D eigenvalue weighted by atomic mass is 10.1. The highest BCUT2D eigenvalue weighted by Gasteiger charge is 2.21. The molecule has 2 aromatic rings. The molecule has 0 aromatic heterocycles. The van der Waals surface area contributed by atoms with E-state index in [4.69, 9.17) is 9.47 Å². The van der Waals surface area contributed by atoms with E-state index in [0.717, 1.165) is 19.3 Å². The maximum Gasteiger partial charge on any atom is 0.338 e. The molecule has 0 aliphatic heterocycles. The molecule has 1 aliphatic rings. The van der Waals surface area contributed by atoms with Crippen LogP contribution in [0.5, 0.6) is 5.75 Å². The average molecular weight is 324 g/mol. The summed E-state index contributed by atoms with van der Waals surface area (Å²) in [6, 6.07) is 12.4. The van der Waals surface area contributed by atoms with Crippen molar-refractivity contribution in [3.05, 3.63) is 64.7 Å². The summed E-state index contributed by atoms with van der Waals surface area (Å²) in [4.78, 5) is 24.7. The lowest BCUT2D eigenvalue weighted by Crippen LogP contribution is -2.24. The normalized spacial score (nSPS) is 13.9. The first kappa shape index (κ1) is 16.2. The molecule has 0 saturated heterocycles. The van der Waals surface area contributed by atoms with Crippen LogP contribution in [0, 0.1) is 0 Å². The molecule has 0 heterocycles. The van der Waals surface area contributed by atoms with Gasteiger partial charge in [0.2, 0.25) is 5.78 Å². The largest absolute Gasteiger partial charge is 0.497 e. The highest BCUT2D eigenvalue weighted by atomic mass is 16.5. The van der Waals surface area contributed by atoms with Gasteiger partial charge in [0.15, 0.2) is 6.10 Å². The highest BCUT2D eigenvalue weighted by Crippen LogP contribution is 2.23. The molecule has 0 spiro atoms. The molecule has 1 atom stereocenters. The number of benzene rings is 2. The molecule has 0 bridgehead atoms. The summed E-state index contributed by atoms with van der Waals surface area (Å²) in [7, 11) is 1.57. The third kappa shape index (κ3) is 3.32. The minimum atomic E-state index is -0.834. The summed E-state index contributed by atoms with van der Waals surface area (Å²) in [5, 5.41) is 0. The summed E-state index contributed by atoms with van der Waals surface area (Å²) in [5.74, 6) is -0.0134. The van der Waals surface area contributed by atoms with Crippen LogP contribution in [0.4, 0.5) is 0 Å². The third-order valence-corrected chi connectivity index (χ3v) is 4.36. The molecule has 0 fully saturated rings. The zero-order chi connectivity index (χ0) is 17.1. The average Bonchev–Trinajstić information content (AvgIpc) is 3.08. The fourth-order valence-electron chi connectivity index (χ4n) is 2.97. The van der Waals surface area contributed by atoms with Gasteiger partial charge in [-0.15, -0.1) is 0 Å². The zero-order valence-corrected chi connectivity index (χ0v) is 13.9. The maximum absolute atomic E-state index is 12.4. The number of carbonyl (C=O) groups excluding carboxylic acids is 2. The Balaban J connectivity index is 1.67. The van der Waals surface area contributed by atoms with Crippen molar-refractivity contribution in [2.24, 2.45) is 0 Å². The van der Waals surface area contributed by atoms with E-state index in [0.29, 0.717) is 16.9 Å². The standard InChI is InChI=1S/C20H20O4/c1-13(19(21)15-8-10-18(23-2)11-9-15)24-20(22)17-7-6-14-4-3-5-16(14)12-17/h6-13H,3-5H2,1-2H3/t13-/m0/s1. The first-order valence-corrected chi connectivity index (χ1v) is 8.09. The summed E-state index contributed by atoms with van der Waals surface area (Å²) >= 11 is 0. The Hall–Kier alpha value is -2.62. The van der Waals surface area contributed by atoms with Crippen molar-refractivity contribution in [1.82, 2.24) is 0 Å². The van der Waals surface area contributed by atoms with E-state index < -0.39 is 12.1 Å². The molecule has 124 valence electrons. The van der Waals surface area contributed by atoms with Crippen LogP contribution in [0.15, 0.2) is 42.5 Å². The molecule has 2 aromatic carbocycles. The molecule has 4 heteroatoms. The number of aryl methyl sites for hydroxylation is 2. The third-order valence-electron chi connectivity index (χ3n) is 4.36. The van der Waals surface area contributed by atoms with Crippen LogP contribution < -0.4 is 4.74 Å². The second-order valence-electron chi connectivity index (χ2n) is 5.98. The number of fused-ring (bicyclic) bond motifs is 1. The summed E-state index contributed by atoms with van der Waals surface area (Å²) in [6.07, 6.45) is 2.35. The highest BCUT2D eigenvalue weighted by molar-refractivity contribution is 6.01. The van der Waals surface area contributed by atoms with E-state index in [2.05, 4.69) is 0 Å². The predicted molar refractivity (Wildman–Crippen MR) is 90.7 cm³/mol. The van der Waals surface area contributed by atoms with Gasteiger partial charge >= 0.3 is 5.97 Å². The van der Waals surface area contributed by atoms with E-state index in [9.17, 15) is 9.59 Å². The van der Waals surface area contributed by atoms with Crippen LogP contribution in [0.3, 0.4) is 0 Å². The van der Waals surface area contributed by atoms with Crippen molar-refractivity contribution >= 4 is 11.8 Å². The number of Topliss-reactive ketones (excluding diaryl/α,β-unsaturated/α-hetero) is 1. The Morgan fingerprint density at radius 3 is 2.33 bits per heavy atom. The predicted octanol–water partition coefficient (Wildman–Crippen LogP) is 3.61. The second-order valence-corrected chi connectivity index (χ2v) is 5.98. The van der Waals surface area contributed by atoms with E-state index >= 15 is 0 Å². The number of hydrogen-bond acceptors (Lipinski definition) is 4. The Morgan fingerprint density at radius 1 is 0.958 bits per heavy atom. The number of ether oxygens (including phenoxy) is 2. The summed E-state index contributed by atoms with van der Waals surface area (Å²) in [5.41, 5.74) is 3.50. The molecule has 0 saturated carbocycles. The lowest BCUT2D eigenvalue weighted by molar-refractivity contribution is 0.0318. The molecule has 0 radical (unpaired) electrons. The Morgan fingerprint density at radius 2 is 1.62 bits per heavy atom. The molecular formula is C20H20O4. The van der Waals surface area contributed by atoms with Gasteiger partial charge in [0, 0.05) is 5.56 Å². The minimum absolute atomic E-state index is 0.229. The van der Waals surface area contributed by atoms with E-state index in [-0.39, 0.29) is 5.78 Å². The molecule has 0 N–H and O–H groups in total. The lowest BCUT2D eigenvalue weighted by Gasteiger charge is -2.13. The van der Waals surface area contributed by atoms with Gasteiger partial charge in [0.05, 0.1) is 12.7 Å². The van der Waals surface area contributed by atoms with Gasteiger partial charge in [0.25, 0.3) is 0 Å². The van der Waals surface area contributed by atoms with Crippen molar-refractivity contribution in [3.63, 3.8) is 0 Å². The minimum Gasteiger partial charge on any atom is -0.497 e. The summed E-state index contributed by atoms with van der Waals surface area (Å²) < 4.78 is 10.4. The van der Waals surface area contributed by atoms with Crippen molar-refractivity contribution in [2.45, 2.75) is 32.3 Å². The molecule has 0 amide bonds. The first-order chi connectivity index (χ1) is 11.6. The topological polar surface area (TPSA) is 52.6 Å². The van der Waals surface area contributed by atoms with Crippen molar-refractivity contribution in [3.8, 4) is 5.75 Å². The number of esters is 1. The molecular weight excluding hydrogens is 304 g/mol. The smallest absolute Gasteiger partial charge is 0.338 e. The van der Waals surface area contributed by atoms with Gasteiger partial charge < -0.3 is 9.47 Å². The van der Waals surface area contributed by atoms with Crippen LogP contribution in [0.25, 0.3) is 0 Å². The molecule has 0 unspecified atom stereocenters. The van der Waals surface area contributed by atoms with Gasteiger partial charge in [-0.05, 0) is 73.7 Å². The SMILES string of the molecule is COc1ccc(C(=O)[C@H](C)OC(=O)c2ccc3c(c2)CCC3)cc1. The first-order valence-electron chi connectivity index (χ1n) is 8.09. The van der Waals surface area contributed by atoms with Crippen LogP contribution in [-0.4, -0.2) is 25.0 Å². The molecule has 4 nitrogen and oxygen atoms in total. The summed E-state index contributed by atoms with van der Waals surface area (Å²) in [6.45, 7) is 1.60. The Kier molecular flexibility index (Phi) is 4.65. The number of hydrogen-bond donors (Lipinski definition) is 0. The molecule has 1 aliphatic carbocycles. The number of rotatable bonds is 5. The molecule has 3 rings (SSSR count). The monoisotopic (exact) mass is 324 g/mol. The number of ketones is 1. The number of methoxy groups -OCH3 is 1. The molecule has 24 heavy (non-hydrogen) atoms. The van der Waals surface area contributed by atoms with Crippen molar-refractivity contribution in [2.75, 3.05) is 7.11 Å². The Labute approximate surface area is 141 Å². The van der Waals surface area contributed by atoms with Gasteiger partial charge in [-0.25, -0.2) is 4.79 Å².